The second kappa shape index (κ2) is 4.41. The minimum atomic E-state index is -0.267. The van der Waals surface area contributed by atoms with Crippen LogP contribution in [0, 0.1) is 13.8 Å². The average molecular weight is 230 g/mol. The Balaban J connectivity index is 2.68. The molecule has 0 aliphatic rings. The van der Waals surface area contributed by atoms with Crippen LogP contribution in [0.4, 0.5) is 0 Å². The molecule has 0 atom stereocenters. The maximum Gasteiger partial charge on any atom is 0.293 e. The Morgan fingerprint density at radius 2 is 1.82 bits per heavy atom. The number of nitrogens with one attached hydrogen (secondary N) is 1. The van der Waals surface area contributed by atoms with Gasteiger partial charge in [-0.1, -0.05) is 17.2 Å². The number of aromatic nitrogens is 2. The number of nitrogens with zero attached hydrogens (tertiary/aromatic N) is 1. The highest BCUT2D eigenvalue weighted by atomic mass is 16.5. The molecule has 0 radical (unpaired) electrons. The Kier molecular flexibility index (Phi) is 2.95. The quantitative estimate of drug-likeness (QED) is 0.859. The van der Waals surface area contributed by atoms with Crippen molar-refractivity contribution in [2.45, 2.75) is 13.8 Å². The van der Waals surface area contributed by atoms with E-state index in [-0.39, 0.29) is 11.3 Å². The van der Waals surface area contributed by atoms with Crippen LogP contribution in [0.2, 0.25) is 0 Å². The summed E-state index contributed by atoms with van der Waals surface area (Å²) in [4.78, 5) is 18.3. The number of benzene rings is 1. The highest BCUT2D eigenvalue weighted by Crippen LogP contribution is 2.25. The Labute approximate surface area is 99.3 Å². The van der Waals surface area contributed by atoms with E-state index >= 15 is 0 Å². The molecule has 0 spiro atoms. The van der Waals surface area contributed by atoms with Crippen LogP contribution in [0.5, 0.6) is 5.75 Å². The first-order valence-electron chi connectivity index (χ1n) is 5.32. The summed E-state index contributed by atoms with van der Waals surface area (Å²) in [5.41, 5.74) is 3.46. The molecule has 1 aromatic heterocycles. The molecular formula is C13H14N2O2. The molecule has 0 unspecified atom stereocenters. The standard InChI is InChI=1S/C13H14N2O2/c1-8-4-9(2)6-10(5-8)11-12(17-3)13(16)15-7-14-11/h4-7H,1-3H3,(H,14,15,16). The van der Waals surface area contributed by atoms with Crippen LogP contribution in [0.25, 0.3) is 11.3 Å². The maximum absolute atomic E-state index is 11.6. The van der Waals surface area contributed by atoms with Gasteiger partial charge < -0.3 is 9.72 Å². The topological polar surface area (TPSA) is 55.0 Å². The fraction of sp³-hybridized carbons (Fsp3) is 0.231. The molecule has 4 heteroatoms. The molecule has 0 saturated carbocycles. The highest BCUT2D eigenvalue weighted by Gasteiger charge is 2.11. The van der Waals surface area contributed by atoms with E-state index in [0.717, 1.165) is 16.7 Å². The number of methoxy groups -OCH3 is 1. The van der Waals surface area contributed by atoms with Crippen LogP contribution in [-0.4, -0.2) is 17.1 Å². The fourth-order valence-corrected chi connectivity index (χ4v) is 1.89. The number of aryl methyl sites for hydroxylation is 2. The molecular weight excluding hydrogens is 216 g/mol. The van der Waals surface area contributed by atoms with Crippen molar-refractivity contribution in [2.24, 2.45) is 0 Å². The van der Waals surface area contributed by atoms with E-state index in [1.807, 2.05) is 26.0 Å². The minimum absolute atomic E-state index is 0.248. The van der Waals surface area contributed by atoms with E-state index in [1.165, 1.54) is 13.4 Å². The van der Waals surface area contributed by atoms with Crippen molar-refractivity contribution < 1.29 is 4.74 Å². The van der Waals surface area contributed by atoms with Crippen LogP contribution in [0.3, 0.4) is 0 Å². The monoisotopic (exact) mass is 230 g/mol. The zero-order chi connectivity index (χ0) is 12.4. The predicted octanol–water partition coefficient (Wildman–Crippen LogP) is 2.06. The lowest BCUT2D eigenvalue weighted by Gasteiger charge is -2.07. The molecule has 0 fully saturated rings. The number of hydrogen-bond donors (Lipinski definition) is 1. The van der Waals surface area contributed by atoms with Gasteiger partial charge in [0.25, 0.3) is 5.56 Å². The minimum Gasteiger partial charge on any atom is -0.490 e. The summed E-state index contributed by atoms with van der Waals surface area (Å²) in [6.07, 6.45) is 1.39. The van der Waals surface area contributed by atoms with E-state index in [1.54, 1.807) is 0 Å². The van der Waals surface area contributed by atoms with Crippen molar-refractivity contribution >= 4 is 0 Å². The van der Waals surface area contributed by atoms with E-state index in [2.05, 4.69) is 16.0 Å². The summed E-state index contributed by atoms with van der Waals surface area (Å²) in [5, 5.41) is 0. The van der Waals surface area contributed by atoms with Gasteiger partial charge in [-0.15, -0.1) is 0 Å². The maximum atomic E-state index is 11.6. The second-order valence-corrected chi connectivity index (χ2v) is 3.99. The predicted molar refractivity (Wildman–Crippen MR) is 66.3 cm³/mol. The van der Waals surface area contributed by atoms with Crippen LogP contribution < -0.4 is 10.3 Å². The summed E-state index contributed by atoms with van der Waals surface area (Å²) in [5.74, 6) is 0.248. The lowest BCUT2D eigenvalue weighted by molar-refractivity contribution is 0.408. The summed E-state index contributed by atoms with van der Waals surface area (Å²) < 4.78 is 5.10. The van der Waals surface area contributed by atoms with Crippen LogP contribution >= 0.6 is 0 Å². The summed E-state index contributed by atoms with van der Waals surface area (Å²) in [6, 6.07) is 6.04. The van der Waals surface area contributed by atoms with Crippen molar-refractivity contribution in [1.82, 2.24) is 9.97 Å². The molecule has 2 rings (SSSR count). The molecule has 88 valence electrons. The first-order valence-corrected chi connectivity index (χ1v) is 5.32. The van der Waals surface area contributed by atoms with Crippen LogP contribution in [-0.2, 0) is 0 Å². The summed E-state index contributed by atoms with van der Waals surface area (Å²) in [7, 11) is 1.47. The zero-order valence-electron chi connectivity index (χ0n) is 10.1. The van der Waals surface area contributed by atoms with Gasteiger partial charge in [0.2, 0.25) is 5.75 Å². The summed E-state index contributed by atoms with van der Waals surface area (Å²) >= 11 is 0. The van der Waals surface area contributed by atoms with E-state index < -0.39 is 0 Å². The highest BCUT2D eigenvalue weighted by molar-refractivity contribution is 5.66. The number of rotatable bonds is 2. The Hall–Kier alpha value is -2.10. The first-order chi connectivity index (χ1) is 8.11. The normalized spacial score (nSPS) is 10.3. The Morgan fingerprint density at radius 3 is 2.41 bits per heavy atom. The molecule has 1 N–H and O–H groups in total. The van der Waals surface area contributed by atoms with Gasteiger partial charge in [0.15, 0.2) is 0 Å². The lowest BCUT2D eigenvalue weighted by atomic mass is 10.0. The number of aromatic amines is 1. The van der Waals surface area contributed by atoms with Gasteiger partial charge in [-0.2, -0.15) is 0 Å². The van der Waals surface area contributed by atoms with Crippen molar-refractivity contribution in [2.75, 3.05) is 7.11 Å². The second-order valence-electron chi connectivity index (χ2n) is 3.99. The van der Waals surface area contributed by atoms with Gasteiger partial charge >= 0.3 is 0 Å². The fourth-order valence-electron chi connectivity index (χ4n) is 1.89. The Morgan fingerprint density at radius 1 is 1.18 bits per heavy atom. The van der Waals surface area contributed by atoms with E-state index in [4.69, 9.17) is 4.74 Å². The summed E-state index contributed by atoms with van der Waals surface area (Å²) in [6.45, 7) is 4.02. The molecule has 17 heavy (non-hydrogen) atoms. The number of hydrogen-bond acceptors (Lipinski definition) is 3. The van der Waals surface area contributed by atoms with Crippen molar-refractivity contribution in [3.05, 3.63) is 46.0 Å². The third-order valence-corrected chi connectivity index (χ3v) is 2.51. The first kappa shape index (κ1) is 11.4. The zero-order valence-corrected chi connectivity index (χ0v) is 10.1. The molecule has 0 saturated heterocycles. The van der Waals surface area contributed by atoms with Gasteiger partial charge in [-0.3, -0.25) is 4.79 Å². The van der Waals surface area contributed by atoms with Gasteiger partial charge in [0, 0.05) is 5.56 Å². The molecule has 0 aliphatic carbocycles. The van der Waals surface area contributed by atoms with Gasteiger partial charge in [0.05, 0.1) is 13.4 Å². The van der Waals surface area contributed by atoms with Crippen LogP contribution in [0.1, 0.15) is 11.1 Å². The SMILES string of the molecule is COc1c(-c2cc(C)cc(C)c2)nc[nH]c1=O. The van der Waals surface area contributed by atoms with E-state index in [0.29, 0.717) is 5.69 Å². The largest absolute Gasteiger partial charge is 0.490 e. The molecule has 0 amide bonds. The van der Waals surface area contributed by atoms with E-state index in [9.17, 15) is 4.79 Å². The smallest absolute Gasteiger partial charge is 0.293 e. The number of ether oxygens (including phenoxy) is 1. The molecule has 2 aromatic rings. The molecule has 0 bridgehead atoms. The van der Waals surface area contributed by atoms with Crippen molar-refractivity contribution in [1.29, 1.82) is 0 Å². The third kappa shape index (κ3) is 2.20. The van der Waals surface area contributed by atoms with Gasteiger partial charge in [-0.05, 0) is 26.0 Å². The number of H-pyrrole nitrogens is 1. The lowest BCUT2D eigenvalue weighted by Crippen LogP contribution is -2.11. The average Bonchev–Trinajstić information content (AvgIpc) is 2.27. The van der Waals surface area contributed by atoms with Crippen molar-refractivity contribution in [3.8, 4) is 17.0 Å². The van der Waals surface area contributed by atoms with Gasteiger partial charge in [0.1, 0.15) is 5.69 Å². The molecule has 1 heterocycles. The Bertz CT molecular complexity index is 582. The molecule has 0 aliphatic heterocycles. The molecule has 4 nitrogen and oxygen atoms in total. The molecule has 1 aromatic carbocycles. The third-order valence-electron chi connectivity index (χ3n) is 2.51. The van der Waals surface area contributed by atoms with Crippen LogP contribution in [0.15, 0.2) is 29.3 Å². The van der Waals surface area contributed by atoms with Crippen molar-refractivity contribution in [3.63, 3.8) is 0 Å². The van der Waals surface area contributed by atoms with Gasteiger partial charge in [-0.25, -0.2) is 4.98 Å².